The van der Waals surface area contributed by atoms with E-state index in [-0.39, 0.29) is 12.3 Å². The van der Waals surface area contributed by atoms with Crippen molar-refractivity contribution in [1.82, 2.24) is 4.98 Å². The highest BCUT2D eigenvalue weighted by Crippen LogP contribution is 2.31. The predicted molar refractivity (Wildman–Crippen MR) is 129 cm³/mol. The Morgan fingerprint density at radius 2 is 1.90 bits per heavy atom. The van der Waals surface area contributed by atoms with Crippen LogP contribution >= 0.6 is 22.9 Å². The Labute approximate surface area is 190 Å². The van der Waals surface area contributed by atoms with E-state index in [1.54, 1.807) is 24.5 Å². The summed E-state index contributed by atoms with van der Waals surface area (Å²) >= 11 is 7.75. The van der Waals surface area contributed by atoms with E-state index >= 15 is 0 Å². The van der Waals surface area contributed by atoms with Gasteiger partial charge in [0, 0.05) is 22.4 Å². The number of thiazole rings is 1. The lowest BCUT2D eigenvalue weighted by Crippen LogP contribution is -2.15. The number of nitrogens with one attached hydrogen (secondary N) is 1. The normalized spacial score (nSPS) is 11.0. The molecule has 4 aromatic rings. The Morgan fingerprint density at radius 3 is 2.71 bits per heavy atom. The van der Waals surface area contributed by atoms with Crippen molar-refractivity contribution in [1.29, 1.82) is 0 Å². The van der Waals surface area contributed by atoms with E-state index in [2.05, 4.69) is 41.7 Å². The van der Waals surface area contributed by atoms with Crippen molar-refractivity contribution in [2.45, 2.75) is 26.7 Å². The van der Waals surface area contributed by atoms with Crippen LogP contribution in [0.1, 0.15) is 26.7 Å². The fourth-order valence-electron chi connectivity index (χ4n) is 3.61. The van der Waals surface area contributed by atoms with E-state index in [4.69, 9.17) is 21.3 Å². The first-order valence-electron chi connectivity index (χ1n) is 10.0. The molecule has 0 radical (unpaired) electrons. The molecule has 0 aliphatic heterocycles. The van der Waals surface area contributed by atoms with E-state index in [1.165, 1.54) is 16.3 Å². The zero-order valence-corrected chi connectivity index (χ0v) is 19.2. The number of carbonyl (C=O) groups excluding carboxylic acids is 1. The van der Waals surface area contributed by atoms with Crippen LogP contribution in [-0.2, 0) is 17.6 Å². The number of aromatic nitrogens is 1. The molecule has 0 bridgehead atoms. The first-order chi connectivity index (χ1) is 14.9. The molecule has 0 spiro atoms. The van der Waals surface area contributed by atoms with Crippen molar-refractivity contribution < 1.29 is 9.53 Å². The van der Waals surface area contributed by atoms with Crippen LogP contribution < -0.4 is 10.1 Å². The highest BCUT2D eigenvalue weighted by molar-refractivity contribution is 7.11. The van der Waals surface area contributed by atoms with Crippen LogP contribution in [0.2, 0.25) is 5.02 Å². The number of anilines is 1. The van der Waals surface area contributed by atoms with Crippen molar-refractivity contribution in [3.05, 3.63) is 86.3 Å². The molecular formula is C25H23ClN2O2S. The Morgan fingerprint density at radius 1 is 1.13 bits per heavy atom. The van der Waals surface area contributed by atoms with Gasteiger partial charge in [-0.25, -0.2) is 4.98 Å². The summed E-state index contributed by atoms with van der Waals surface area (Å²) in [4.78, 5) is 18.4. The lowest BCUT2D eigenvalue weighted by atomic mass is 10.0. The van der Waals surface area contributed by atoms with Crippen LogP contribution in [0.15, 0.2) is 54.6 Å². The summed E-state index contributed by atoms with van der Waals surface area (Å²) in [6, 6.07) is 18.2. The third-order valence-corrected chi connectivity index (χ3v) is 6.80. The number of benzene rings is 3. The average molecular weight is 451 g/mol. The van der Waals surface area contributed by atoms with Gasteiger partial charge < -0.3 is 10.1 Å². The van der Waals surface area contributed by atoms with Crippen LogP contribution in [0.5, 0.6) is 5.75 Å². The SMILES string of the molecule is COc1cc(Cl)c(C)cc1NC(=O)Cc1sc(Cc2cccc3ccccc23)nc1C. The van der Waals surface area contributed by atoms with Gasteiger partial charge in [0.15, 0.2) is 0 Å². The van der Waals surface area contributed by atoms with E-state index in [9.17, 15) is 4.79 Å². The molecule has 0 saturated carbocycles. The lowest BCUT2D eigenvalue weighted by molar-refractivity contribution is -0.115. The van der Waals surface area contributed by atoms with Gasteiger partial charge in [-0.05, 0) is 41.8 Å². The zero-order valence-electron chi connectivity index (χ0n) is 17.7. The smallest absolute Gasteiger partial charge is 0.229 e. The van der Waals surface area contributed by atoms with Gasteiger partial charge in [-0.15, -0.1) is 11.3 Å². The number of nitrogens with zero attached hydrogens (tertiary/aromatic N) is 1. The van der Waals surface area contributed by atoms with E-state index in [1.807, 2.05) is 26.0 Å². The monoisotopic (exact) mass is 450 g/mol. The number of carbonyl (C=O) groups is 1. The fourth-order valence-corrected chi connectivity index (χ4v) is 4.85. The minimum atomic E-state index is -0.108. The molecule has 6 heteroatoms. The molecule has 1 N–H and O–H groups in total. The number of hydrogen-bond acceptors (Lipinski definition) is 4. The van der Waals surface area contributed by atoms with Crippen LogP contribution in [-0.4, -0.2) is 18.0 Å². The van der Waals surface area contributed by atoms with Crippen molar-refractivity contribution >= 4 is 45.3 Å². The Hall–Kier alpha value is -2.89. The molecule has 1 aromatic heterocycles. The van der Waals surface area contributed by atoms with Crippen molar-refractivity contribution in [2.75, 3.05) is 12.4 Å². The average Bonchev–Trinajstić information content (AvgIpc) is 3.09. The molecule has 0 aliphatic carbocycles. The maximum absolute atomic E-state index is 12.7. The largest absolute Gasteiger partial charge is 0.495 e. The minimum absolute atomic E-state index is 0.108. The van der Waals surface area contributed by atoms with Gasteiger partial charge in [0.25, 0.3) is 0 Å². The highest BCUT2D eigenvalue weighted by Gasteiger charge is 2.15. The molecule has 0 atom stereocenters. The second kappa shape index (κ2) is 9.08. The molecule has 1 heterocycles. The van der Waals surface area contributed by atoms with Crippen molar-refractivity contribution in [3.8, 4) is 5.75 Å². The summed E-state index contributed by atoms with van der Waals surface area (Å²) in [6.07, 6.45) is 1.02. The molecular weight excluding hydrogens is 428 g/mol. The Balaban J connectivity index is 1.51. The van der Waals surface area contributed by atoms with Gasteiger partial charge in [-0.2, -0.15) is 0 Å². The standard InChI is InChI=1S/C25H23ClN2O2S/c1-15-11-21(22(30-3)13-20(15)26)28-24(29)14-23-16(2)27-25(31-23)12-18-9-6-8-17-7-4-5-10-19(17)18/h4-11,13H,12,14H2,1-3H3,(H,28,29). The molecule has 4 rings (SSSR count). The summed E-state index contributed by atoms with van der Waals surface area (Å²) in [5.41, 5.74) is 3.63. The molecule has 0 saturated heterocycles. The predicted octanol–water partition coefficient (Wildman–Crippen LogP) is 6.35. The molecule has 1 amide bonds. The molecule has 0 aliphatic rings. The lowest BCUT2D eigenvalue weighted by Gasteiger charge is -2.12. The van der Waals surface area contributed by atoms with Gasteiger partial charge in [-0.3, -0.25) is 4.79 Å². The molecule has 158 valence electrons. The van der Waals surface area contributed by atoms with Crippen molar-refractivity contribution in [2.24, 2.45) is 0 Å². The number of aryl methyl sites for hydroxylation is 2. The zero-order chi connectivity index (χ0) is 22.0. The van der Waals surface area contributed by atoms with Crippen molar-refractivity contribution in [3.63, 3.8) is 0 Å². The topological polar surface area (TPSA) is 51.2 Å². The summed E-state index contributed by atoms with van der Waals surface area (Å²) in [7, 11) is 1.56. The van der Waals surface area contributed by atoms with Gasteiger partial charge >= 0.3 is 0 Å². The van der Waals surface area contributed by atoms with Gasteiger partial charge in [0.2, 0.25) is 5.91 Å². The highest BCUT2D eigenvalue weighted by atomic mass is 35.5. The van der Waals surface area contributed by atoms with Gasteiger partial charge in [-0.1, -0.05) is 54.1 Å². The first kappa shape index (κ1) is 21.3. The third-order valence-electron chi connectivity index (χ3n) is 5.23. The molecule has 0 fully saturated rings. The quantitative estimate of drug-likeness (QED) is 0.372. The summed E-state index contributed by atoms with van der Waals surface area (Å²) in [6.45, 7) is 3.85. The molecule has 3 aromatic carbocycles. The number of halogens is 1. The number of rotatable bonds is 6. The minimum Gasteiger partial charge on any atom is -0.495 e. The van der Waals surface area contributed by atoms with E-state index in [0.29, 0.717) is 16.5 Å². The number of ether oxygens (including phenoxy) is 1. The van der Waals surface area contributed by atoms with E-state index < -0.39 is 0 Å². The number of hydrogen-bond donors (Lipinski definition) is 1. The Kier molecular flexibility index (Phi) is 6.25. The fraction of sp³-hybridized carbons (Fsp3) is 0.200. The first-order valence-corrected chi connectivity index (χ1v) is 11.2. The third kappa shape index (κ3) is 4.73. The second-order valence-corrected chi connectivity index (χ2v) is 9.03. The maximum Gasteiger partial charge on any atom is 0.229 e. The van der Waals surface area contributed by atoms with Crippen LogP contribution in [0.3, 0.4) is 0 Å². The summed E-state index contributed by atoms with van der Waals surface area (Å²) in [5.74, 6) is 0.435. The number of amides is 1. The summed E-state index contributed by atoms with van der Waals surface area (Å²) in [5, 5.41) is 7.02. The van der Waals surface area contributed by atoms with Gasteiger partial charge in [0.1, 0.15) is 5.75 Å². The van der Waals surface area contributed by atoms with E-state index in [0.717, 1.165) is 27.6 Å². The molecule has 31 heavy (non-hydrogen) atoms. The summed E-state index contributed by atoms with van der Waals surface area (Å²) < 4.78 is 5.35. The van der Waals surface area contributed by atoms with Crippen LogP contribution in [0.4, 0.5) is 5.69 Å². The van der Waals surface area contributed by atoms with Gasteiger partial charge in [0.05, 0.1) is 29.9 Å². The van der Waals surface area contributed by atoms with Crippen LogP contribution in [0, 0.1) is 13.8 Å². The van der Waals surface area contributed by atoms with Crippen LogP contribution in [0.25, 0.3) is 10.8 Å². The second-order valence-electron chi connectivity index (χ2n) is 7.46. The molecule has 0 unspecified atom stereocenters. The number of fused-ring (bicyclic) bond motifs is 1. The number of methoxy groups -OCH3 is 1. The maximum atomic E-state index is 12.7. The molecule has 4 nitrogen and oxygen atoms in total. The Bertz CT molecular complexity index is 1260.